The number of H-pyrrole nitrogens is 1. The first kappa shape index (κ1) is 14.9. The number of carbonyl (C=O) groups is 1. The number of hydrogen-bond donors (Lipinski definition) is 1. The largest absolute Gasteiger partial charge is 0.346 e. The Labute approximate surface area is 125 Å². The van der Waals surface area contributed by atoms with Crippen molar-refractivity contribution in [3.05, 3.63) is 62.3 Å². The van der Waals surface area contributed by atoms with Gasteiger partial charge in [-0.3, -0.25) is 10.1 Å². The lowest BCUT2D eigenvalue weighted by Crippen LogP contribution is -2.22. The van der Waals surface area contributed by atoms with Gasteiger partial charge in [0.2, 0.25) is 0 Å². The Morgan fingerprint density at radius 3 is 2.62 bits per heavy atom. The molecule has 0 saturated carbocycles. The topological polar surface area (TPSA) is 86.4 Å². The molecule has 0 bridgehead atoms. The molecule has 0 aliphatic rings. The molecular weight excluding hydrogens is 294 g/mol. The molecule has 1 heterocycles. The fourth-order valence-electron chi connectivity index (χ4n) is 2.00. The summed E-state index contributed by atoms with van der Waals surface area (Å²) in [5.74, 6) is -0.0960. The second kappa shape index (κ2) is 5.88. The van der Waals surface area contributed by atoms with Crippen LogP contribution in [0, 0.1) is 24.0 Å². The Kier molecular flexibility index (Phi) is 4.18. The van der Waals surface area contributed by atoms with Crippen LogP contribution < -0.4 is 10.3 Å². The SMILES string of the molecule is Cc1cc(C)[nH+]c(NC(=O)c2ccc(Cl)cc2[N+](=O)[O-])c1. The van der Waals surface area contributed by atoms with Crippen LogP contribution in [0.2, 0.25) is 5.02 Å². The summed E-state index contributed by atoms with van der Waals surface area (Å²) in [4.78, 5) is 25.5. The van der Waals surface area contributed by atoms with Crippen molar-refractivity contribution in [1.82, 2.24) is 0 Å². The van der Waals surface area contributed by atoms with Crippen LogP contribution in [0.25, 0.3) is 0 Å². The molecule has 6 nitrogen and oxygen atoms in total. The lowest BCUT2D eigenvalue weighted by Gasteiger charge is -2.02. The highest BCUT2D eigenvalue weighted by Crippen LogP contribution is 2.23. The highest BCUT2D eigenvalue weighted by atomic mass is 35.5. The van der Waals surface area contributed by atoms with Gasteiger partial charge in [0, 0.05) is 17.2 Å². The quantitative estimate of drug-likeness (QED) is 0.698. The summed E-state index contributed by atoms with van der Waals surface area (Å²) in [6.07, 6.45) is 0. The summed E-state index contributed by atoms with van der Waals surface area (Å²) in [5, 5.41) is 13.8. The van der Waals surface area contributed by atoms with Crippen molar-refractivity contribution in [2.24, 2.45) is 0 Å². The fourth-order valence-corrected chi connectivity index (χ4v) is 2.17. The molecule has 2 rings (SSSR count). The van der Waals surface area contributed by atoms with Crippen LogP contribution in [0.15, 0.2) is 30.3 Å². The van der Waals surface area contributed by atoms with Gasteiger partial charge in [-0.25, -0.2) is 15.1 Å². The van der Waals surface area contributed by atoms with E-state index in [0.717, 1.165) is 17.3 Å². The van der Waals surface area contributed by atoms with E-state index in [1.54, 1.807) is 6.07 Å². The summed E-state index contributed by atoms with van der Waals surface area (Å²) < 4.78 is 0. The highest BCUT2D eigenvalue weighted by Gasteiger charge is 2.24. The number of aryl methyl sites for hydroxylation is 2. The van der Waals surface area contributed by atoms with E-state index in [1.807, 2.05) is 19.9 Å². The summed E-state index contributed by atoms with van der Waals surface area (Å²) in [5.41, 5.74) is 1.46. The lowest BCUT2D eigenvalue weighted by molar-refractivity contribution is -0.385. The maximum absolute atomic E-state index is 12.2. The van der Waals surface area contributed by atoms with Gasteiger partial charge in [0.1, 0.15) is 5.56 Å². The highest BCUT2D eigenvalue weighted by molar-refractivity contribution is 6.31. The number of aromatic nitrogens is 1. The molecule has 0 saturated heterocycles. The third-order valence-corrected chi connectivity index (χ3v) is 3.03. The first-order valence-electron chi connectivity index (χ1n) is 6.12. The van der Waals surface area contributed by atoms with Crippen LogP contribution in [-0.2, 0) is 0 Å². The minimum absolute atomic E-state index is 0.0445. The predicted molar refractivity (Wildman–Crippen MR) is 78.5 cm³/mol. The first-order chi connectivity index (χ1) is 9.86. The normalized spacial score (nSPS) is 10.2. The van der Waals surface area contributed by atoms with Crippen LogP contribution >= 0.6 is 11.6 Å². The van der Waals surface area contributed by atoms with E-state index in [9.17, 15) is 14.9 Å². The van der Waals surface area contributed by atoms with Crippen LogP contribution in [0.3, 0.4) is 0 Å². The van der Waals surface area contributed by atoms with Gasteiger partial charge >= 0.3 is 5.91 Å². The number of anilines is 1. The predicted octanol–water partition coefficient (Wildman–Crippen LogP) is 2.93. The molecule has 2 aromatic rings. The number of nitrogens with zero attached hydrogens (tertiary/aromatic N) is 1. The molecule has 7 heteroatoms. The average molecular weight is 307 g/mol. The number of carbonyl (C=O) groups excluding carboxylic acids is 1. The summed E-state index contributed by atoms with van der Waals surface area (Å²) in [7, 11) is 0. The molecule has 0 atom stereocenters. The van der Waals surface area contributed by atoms with Gasteiger partial charge in [-0.2, -0.15) is 0 Å². The minimum atomic E-state index is -0.633. The maximum atomic E-state index is 12.2. The fraction of sp³-hybridized carbons (Fsp3) is 0.143. The Hall–Kier alpha value is -2.47. The second-order valence-corrected chi connectivity index (χ2v) is 5.06. The molecule has 0 aliphatic heterocycles. The van der Waals surface area contributed by atoms with E-state index in [4.69, 9.17) is 11.6 Å². The number of aromatic amines is 1. The van der Waals surface area contributed by atoms with E-state index >= 15 is 0 Å². The van der Waals surface area contributed by atoms with Crippen molar-refractivity contribution in [2.45, 2.75) is 13.8 Å². The van der Waals surface area contributed by atoms with Gasteiger partial charge < -0.3 is 0 Å². The monoisotopic (exact) mass is 306 g/mol. The number of benzene rings is 1. The Bertz CT molecular complexity index is 711. The number of halogens is 1. The molecule has 1 aromatic carbocycles. The average Bonchev–Trinajstić information content (AvgIpc) is 2.36. The lowest BCUT2D eigenvalue weighted by atomic mass is 10.1. The van der Waals surface area contributed by atoms with E-state index in [2.05, 4.69) is 10.3 Å². The Morgan fingerprint density at radius 1 is 1.29 bits per heavy atom. The zero-order valence-corrected chi connectivity index (χ0v) is 12.2. The number of rotatable bonds is 3. The molecule has 2 N–H and O–H groups in total. The van der Waals surface area contributed by atoms with E-state index < -0.39 is 10.8 Å². The molecular formula is C14H13ClN3O3+. The van der Waals surface area contributed by atoms with Crippen molar-refractivity contribution in [1.29, 1.82) is 0 Å². The van der Waals surface area contributed by atoms with E-state index in [1.165, 1.54) is 12.1 Å². The second-order valence-electron chi connectivity index (χ2n) is 4.63. The maximum Gasteiger partial charge on any atom is 0.346 e. The van der Waals surface area contributed by atoms with Crippen molar-refractivity contribution in [3.63, 3.8) is 0 Å². The van der Waals surface area contributed by atoms with Gasteiger partial charge in [-0.05, 0) is 37.6 Å². The molecule has 0 spiro atoms. The van der Waals surface area contributed by atoms with Crippen molar-refractivity contribution < 1.29 is 14.7 Å². The van der Waals surface area contributed by atoms with Crippen LogP contribution in [0.5, 0.6) is 0 Å². The van der Waals surface area contributed by atoms with E-state index in [0.29, 0.717) is 5.82 Å². The molecule has 1 aromatic heterocycles. The summed E-state index contributed by atoms with van der Waals surface area (Å²) in [6.45, 7) is 3.74. The van der Waals surface area contributed by atoms with Crippen LogP contribution in [-0.4, -0.2) is 10.8 Å². The number of pyridine rings is 1. The van der Waals surface area contributed by atoms with Crippen molar-refractivity contribution >= 4 is 29.0 Å². The Balaban J connectivity index is 2.34. The first-order valence-corrected chi connectivity index (χ1v) is 6.50. The van der Waals surface area contributed by atoms with Gasteiger partial charge in [0.15, 0.2) is 0 Å². The summed E-state index contributed by atoms with van der Waals surface area (Å²) >= 11 is 5.73. The molecule has 108 valence electrons. The third kappa shape index (κ3) is 3.55. The van der Waals surface area contributed by atoms with Gasteiger partial charge in [-0.15, -0.1) is 0 Å². The molecule has 0 radical (unpaired) electrons. The van der Waals surface area contributed by atoms with Gasteiger partial charge in [0.25, 0.3) is 11.5 Å². The van der Waals surface area contributed by atoms with Crippen molar-refractivity contribution in [2.75, 3.05) is 5.32 Å². The van der Waals surface area contributed by atoms with E-state index in [-0.39, 0.29) is 16.3 Å². The molecule has 0 unspecified atom stereocenters. The number of nitro groups is 1. The zero-order chi connectivity index (χ0) is 15.6. The van der Waals surface area contributed by atoms with Gasteiger partial charge in [-0.1, -0.05) is 11.6 Å². The van der Waals surface area contributed by atoms with Crippen LogP contribution in [0.1, 0.15) is 21.6 Å². The zero-order valence-electron chi connectivity index (χ0n) is 11.4. The minimum Gasteiger partial charge on any atom is -0.258 e. The van der Waals surface area contributed by atoms with Crippen LogP contribution in [0.4, 0.5) is 11.5 Å². The molecule has 0 aliphatic carbocycles. The number of amides is 1. The third-order valence-electron chi connectivity index (χ3n) is 2.80. The number of nitrogens with one attached hydrogen (secondary N) is 2. The molecule has 0 fully saturated rings. The van der Waals surface area contributed by atoms with Gasteiger partial charge in [0.05, 0.1) is 10.6 Å². The molecule has 1 amide bonds. The van der Waals surface area contributed by atoms with Crippen molar-refractivity contribution in [3.8, 4) is 0 Å². The summed E-state index contributed by atoms with van der Waals surface area (Å²) in [6, 6.07) is 7.59. The number of nitro benzene ring substituents is 1. The molecule has 21 heavy (non-hydrogen) atoms. The number of hydrogen-bond acceptors (Lipinski definition) is 3. The standard InChI is InChI=1S/C14H12ClN3O3/c1-8-5-9(2)16-13(6-8)17-14(19)11-4-3-10(15)7-12(11)18(20)21/h3-7H,1-2H3,(H,16,17,19)/p+1. The Morgan fingerprint density at radius 2 is 2.00 bits per heavy atom. The smallest absolute Gasteiger partial charge is 0.258 e.